The molecule has 3 N–H and O–H groups in total. The van der Waals surface area contributed by atoms with Gasteiger partial charge in [-0.05, 0) is 83.5 Å². The molecule has 0 radical (unpaired) electrons. The first-order chi connectivity index (χ1) is 34.2. The Labute approximate surface area is 429 Å². The Morgan fingerprint density at radius 3 is 0.957 bits per heavy atom. The average Bonchev–Trinajstić information content (AvgIpc) is 3.35. The Morgan fingerprint density at radius 1 is 0.362 bits per heavy atom. The van der Waals surface area contributed by atoms with Crippen LogP contribution in [0.1, 0.15) is 277 Å². The summed E-state index contributed by atoms with van der Waals surface area (Å²) in [7, 11) is 0. The maximum Gasteiger partial charge on any atom is 0.220 e. The quantitative estimate of drug-likeness (QED) is 0.0420. The van der Waals surface area contributed by atoms with Crippen LogP contribution in [0.3, 0.4) is 0 Å². The van der Waals surface area contributed by atoms with E-state index in [0.717, 1.165) is 77.0 Å². The summed E-state index contributed by atoms with van der Waals surface area (Å²) < 4.78 is 0. The van der Waals surface area contributed by atoms with Crippen molar-refractivity contribution in [2.45, 2.75) is 289 Å². The molecule has 0 aliphatic heterocycles. The van der Waals surface area contributed by atoms with E-state index in [4.69, 9.17) is 0 Å². The highest BCUT2D eigenvalue weighted by Crippen LogP contribution is 2.16. The van der Waals surface area contributed by atoms with Gasteiger partial charge in [-0.25, -0.2) is 0 Å². The molecule has 2 unspecified atom stereocenters. The lowest BCUT2D eigenvalue weighted by Gasteiger charge is -2.20. The summed E-state index contributed by atoms with van der Waals surface area (Å²) in [4.78, 5) is 12.5. The molecule has 0 aromatic heterocycles. The molecule has 1 amide bonds. The van der Waals surface area contributed by atoms with Gasteiger partial charge in [-0.2, -0.15) is 0 Å². The fourth-order valence-corrected chi connectivity index (χ4v) is 8.55. The summed E-state index contributed by atoms with van der Waals surface area (Å²) in [5.74, 6) is -0.0680. The van der Waals surface area contributed by atoms with Crippen LogP contribution in [0, 0.1) is 0 Å². The monoisotopic (exact) mass is 956 g/mol. The van der Waals surface area contributed by atoms with Crippen LogP contribution < -0.4 is 5.32 Å². The molecular formula is C65H113NO3. The number of nitrogens with one attached hydrogen (secondary N) is 1. The third-order valence-corrected chi connectivity index (χ3v) is 13.0. The molecule has 0 heterocycles. The van der Waals surface area contributed by atoms with Crippen molar-refractivity contribution in [1.82, 2.24) is 5.32 Å². The summed E-state index contributed by atoms with van der Waals surface area (Å²) in [6.45, 7) is 4.21. The lowest BCUT2D eigenvalue weighted by atomic mass is 10.0. The number of rotatable bonds is 53. The minimum absolute atomic E-state index is 0.0680. The van der Waals surface area contributed by atoms with Crippen molar-refractivity contribution in [3.05, 3.63) is 109 Å². The van der Waals surface area contributed by atoms with Crippen molar-refractivity contribution < 1.29 is 15.0 Å². The lowest BCUT2D eigenvalue weighted by molar-refractivity contribution is -0.123. The van der Waals surface area contributed by atoms with Gasteiger partial charge in [0.1, 0.15) is 0 Å². The van der Waals surface area contributed by atoms with E-state index in [1.54, 1.807) is 6.08 Å². The number of aliphatic hydroxyl groups excluding tert-OH is 2. The molecule has 4 nitrogen and oxygen atoms in total. The smallest absolute Gasteiger partial charge is 0.220 e. The van der Waals surface area contributed by atoms with Crippen LogP contribution >= 0.6 is 0 Å². The van der Waals surface area contributed by atoms with Crippen molar-refractivity contribution in [2.75, 3.05) is 6.61 Å². The second-order valence-corrected chi connectivity index (χ2v) is 19.7. The highest BCUT2D eigenvalue weighted by atomic mass is 16.3. The first-order valence-corrected chi connectivity index (χ1v) is 29.6. The summed E-state index contributed by atoms with van der Waals surface area (Å²) >= 11 is 0. The first kappa shape index (κ1) is 66.0. The Morgan fingerprint density at radius 2 is 0.638 bits per heavy atom. The Balaban J connectivity index is 3.56. The molecule has 0 aromatic rings. The second kappa shape index (κ2) is 59.4. The maximum atomic E-state index is 12.5. The van der Waals surface area contributed by atoms with Gasteiger partial charge in [0.05, 0.1) is 18.8 Å². The standard InChI is InChI=1S/C65H113NO3/c1-3-5-7-9-11-13-15-17-19-21-23-25-26-27-28-29-30-31-32-33-34-35-36-37-38-39-40-41-43-45-47-49-51-53-55-57-59-61-65(69)66-63(62-67)64(68)60-58-56-54-52-50-48-46-44-42-24-22-20-18-16-14-12-10-8-6-4-2/h5,7,11,13,17,19,23,25,27-28,30-31,33-34,36-37,58,60,63-64,67-68H,3-4,6,8-10,12,14-16,18,20-22,24,26,29,32,35,38-57,59,61-62H2,1-2H3,(H,66,69)/b7-5-,13-11-,19-17-,25-23-,28-27-,31-30-,34-33-,37-36-,60-58+. The number of carbonyl (C=O) groups is 1. The van der Waals surface area contributed by atoms with Crippen molar-refractivity contribution in [3.63, 3.8) is 0 Å². The van der Waals surface area contributed by atoms with E-state index in [1.165, 1.54) is 180 Å². The van der Waals surface area contributed by atoms with Crippen LogP contribution in [0.2, 0.25) is 0 Å². The minimum Gasteiger partial charge on any atom is -0.394 e. The fourth-order valence-electron chi connectivity index (χ4n) is 8.55. The molecular weight excluding hydrogens is 843 g/mol. The Kier molecular flexibility index (Phi) is 56.8. The molecule has 0 spiro atoms. The first-order valence-electron chi connectivity index (χ1n) is 29.6. The van der Waals surface area contributed by atoms with E-state index in [1.807, 2.05) is 6.08 Å². The largest absolute Gasteiger partial charge is 0.394 e. The predicted molar refractivity (Wildman–Crippen MR) is 308 cm³/mol. The number of allylic oxidation sites excluding steroid dienone is 17. The van der Waals surface area contributed by atoms with Gasteiger partial charge in [0, 0.05) is 6.42 Å². The van der Waals surface area contributed by atoms with Crippen LogP contribution in [0.25, 0.3) is 0 Å². The summed E-state index contributed by atoms with van der Waals surface area (Å²) in [5, 5.41) is 23.2. The van der Waals surface area contributed by atoms with Crippen molar-refractivity contribution in [2.24, 2.45) is 0 Å². The van der Waals surface area contributed by atoms with Gasteiger partial charge in [0.15, 0.2) is 0 Å². The molecule has 0 aliphatic carbocycles. The van der Waals surface area contributed by atoms with E-state index in [9.17, 15) is 15.0 Å². The fraction of sp³-hybridized carbons (Fsp3) is 0.708. The molecule has 0 fully saturated rings. The summed E-state index contributed by atoms with van der Waals surface area (Å²) in [6.07, 6.45) is 89.6. The normalized spacial score (nSPS) is 13.6. The topological polar surface area (TPSA) is 69.6 Å². The van der Waals surface area contributed by atoms with E-state index < -0.39 is 12.1 Å². The zero-order valence-electron chi connectivity index (χ0n) is 45.5. The van der Waals surface area contributed by atoms with Gasteiger partial charge in [-0.3, -0.25) is 4.79 Å². The van der Waals surface area contributed by atoms with Crippen LogP contribution in [-0.4, -0.2) is 34.9 Å². The zero-order chi connectivity index (χ0) is 49.9. The predicted octanol–water partition coefficient (Wildman–Crippen LogP) is 19.9. The molecule has 0 saturated heterocycles. The SMILES string of the molecule is CC/C=C\C/C=C\C/C=C\C/C=C\C/C=C\C/C=C\C/C=C\C/C=C\CCCCCCCCCCCCCCC(=O)NC(CO)C(O)/C=C/CCCCCCCCCCCCCCCCCCCC. The van der Waals surface area contributed by atoms with E-state index in [0.29, 0.717) is 6.42 Å². The second-order valence-electron chi connectivity index (χ2n) is 19.7. The van der Waals surface area contributed by atoms with E-state index in [2.05, 4.69) is 116 Å². The number of unbranched alkanes of at least 4 members (excludes halogenated alkanes) is 30. The third kappa shape index (κ3) is 55.8. The average molecular weight is 957 g/mol. The number of carbonyl (C=O) groups excluding carboxylic acids is 1. The van der Waals surface area contributed by atoms with Gasteiger partial charge in [-0.1, -0.05) is 297 Å². The van der Waals surface area contributed by atoms with Crippen LogP contribution in [0.4, 0.5) is 0 Å². The molecule has 0 aromatic carbocycles. The molecule has 4 heteroatoms. The number of aliphatic hydroxyl groups is 2. The Bertz CT molecular complexity index is 1310. The number of hydrogen-bond donors (Lipinski definition) is 3. The van der Waals surface area contributed by atoms with Crippen molar-refractivity contribution in [3.8, 4) is 0 Å². The van der Waals surface area contributed by atoms with E-state index >= 15 is 0 Å². The van der Waals surface area contributed by atoms with Crippen LogP contribution in [-0.2, 0) is 4.79 Å². The van der Waals surface area contributed by atoms with Crippen molar-refractivity contribution in [1.29, 1.82) is 0 Å². The number of hydrogen-bond acceptors (Lipinski definition) is 3. The van der Waals surface area contributed by atoms with Crippen LogP contribution in [0.5, 0.6) is 0 Å². The zero-order valence-corrected chi connectivity index (χ0v) is 45.5. The molecule has 69 heavy (non-hydrogen) atoms. The summed E-state index contributed by atoms with van der Waals surface area (Å²) in [5.41, 5.74) is 0. The van der Waals surface area contributed by atoms with Gasteiger partial charge >= 0.3 is 0 Å². The van der Waals surface area contributed by atoms with Gasteiger partial charge < -0.3 is 15.5 Å². The van der Waals surface area contributed by atoms with E-state index in [-0.39, 0.29) is 12.5 Å². The lowest BCUT2D eigenvalue weighted by Crippen LogP contribution is -2.45. The van der Waals surface area contributed by atoms with Gasteiger partial charge in [-0.15, -0.1) is 0 Å². The molecule has 0 rings (SSSR count). The third-order valence-electron chi connectivity index (χ3n) is 13.0. The van der Waals surface area contributed by atoms with Crippen molar-refractivity contribution >= 4 is 5.91 Å². The van der Waals surface area contributed by atoms with Gasteiger partial charge in [0.2, 0.25) is 5.91 Å². The van der Waals surface area contributed by atoms with Gasteiger partial charge in [0.25, 0.3) is 0 Å². The number of amides is 1. The minimum atomic E-state index is -0.846. The highest BCUT2D eigenvalue weighted by Gasteiger charge is 2.18. The molecule has 0 aliphatic rings. The summed E-state index contributed by atoms with van der Waals surface area (Å²) in [6, 6.07) is -0.630. The highest BCUT2D eigenvalue weighted by molar-refractivity contribution is 5.76. The molecule has 0 bridgehead atoms. The molecule has 396 valence electrons. The maximum absolute atomic E-state index is 12.5. The molecule has 2 atom stereocenters. The molecule has 0 saturated carbocycles. The Hall–Kier alpha value is -2.95. The van der Waals surface area contributed by atoms with Crippen LogP contribution in [0.15, 0.2) is 109 Å².